The highest BCUT2D eigenvalue weighted by Crippen LogP contribution is 2.16. The predicted molar refractivity (Wildman–Crippen MR) is 62.0 cm³/mol. The molecule has 0 atom stereocenters. The Bertz CT molecular complexity index is 451. The van der Waals surface area contributed by atoms with Crippen LogP contribution in [0.4, 0.5) is 5.69 Å². The number of nitrogens with zero attached hydrogens (tertiary/aromatic N) is 2. The van der Waals surface area contributed by atoms with Crippen LogP contribution in [-0.2, 0) is 13.6 Å². The van der Waals surface area contributed by atoms with E-state index < -0.39 is 0 Å². The van der Waals surface area contributed by atoms with Gasteiger partial charge in [-0.25, -0.2) is 0 Å². The summed E-state index contributed by atoms with van der Waals surface area (Å²) < 4.78 is 1.76. The first-order chi connectivity index (χ1) is 7.25. The minimum atomic E-state index is 0.714. The lowest BCUT2D eigenvalue weighted by Crippen LogP contribution is -1.98. The van der Waals surface area contributed by atoms with Gasteiger partial charge in [0.2, 0.25) is 0 Å². The zero-order valence-corrected chi connectivity index (χ0v) is 9.20. The summed E-state index contributed by atoms with van der Waals surface area (Å²) in [5, 5.41) is 8.11. The van der Waals surface area contributed by atoms with Crippen molar-refractivity contribution >= 4 is 17.3 Å². The molecule has 15 heavy (non-hydrogen) atoms. The molecule has 4 heteroatoms. The summed E-state index contributed by atoms with van der Waals surface area (Å²) in [7, 11) is 1.89. The van der Waals surface area contributed by atoms with Gasteiger partial charge in [0.1, 0.15) is 0 Å². The molecule has 1 N–H and O–H groups in total. The lowest BCUT2D eigenvalue weighted by Gasteiger charge is -2.05. The average molecular weight is 222 g/mol. The fourth-order valence-electron chi connectivity index (χ4n) is 1.35. The average Bonchev–Trinajstić information content (AvgIpc) is 2.63. The van der Waals surface area contributed by atoms with E-state index in [1.54, 1.807) is 10.9 Å². The van der Waals surface area contributed by atoms with Crippen molar-refractivity contribution in [2.75, 3.05) is 5.32 Å². The standard InChI is InChI=1S/C11H12ClN3/c1-15-8-10(7-14-15)13-6-9-4-2-3-5-11(9)12/h2-5,7-8,13H,6H2,1H3. The molecule has 1 heterocycles. The van der Waals surface area contributed by atoms with Gasteiger partial charge in [0.25, 0.3) is 0 Å². The largest absolute Gasteiger partial charge is 0.378 e. The van der Waals surface area contributed by atoms with Gasteiger partial charge >= 0.3 is 0 Å². The van der Waals surface area contributed by atoms with E-state index in [9.17, 15) is 0 Å². The molecule has 0 saturated heterocycles. The van der Waals surface area contributed by atoms with Crippen molar-refractivity contribution < 1.29 is 0 Å². The second-order valence-electron chi connectivity index (χ2n) is 3.35. The quantitative estimate of drug-likeness (QED) is 0.864. The summed E-state index contributed by atoms with van der Waals surface area (Å²) >= 11 is 6.03. The van der Waals surface area contributed by atoms with E-state index in [1.807, 2.05) is 37.5 Å². The Morgan fingerprint density at radius 2 is 2.20 bits per heavy atom. The molecule has 1 aromatic heterocycles. The number of hydrogen-bond acceptors (Lipinski definition) is 2. The highest BCUT2D eigenvalue weighted by Gasteiger charge is 1.99. The van der Waals surface area contributed by atoms with Crippen LogP contribution in [0.5, 0.6) is 0 Å². The molecule has 2 rings (SSSR count). The van der Waals surface area contributed by atoms with Gasteiger partial charge < -0.3 is 5.32 Å². The molecule has 0 unspecified atom stereocenters. The molecule has 3 nitrogen and oxygen atoms in total. The van der Waals surface area contributed by atoms with Gasteiger partial charge in [-0.3, -0.25) is 4.68 Å². The fourth-order valence-corrected chi connectivity index (χ4v) is 1.55. The Morgan fingerprint density at radius 3 is 2.87 bits per heavy atom. The molecule has 0 fully saturated rings. The molecule has 0 aliphatic rings. The second kappa shape index (κ2) is 4.36. The third-order valence-electron chi connectivity index (χ3n) is 2.15. The number of nitrogens with one attached hydrogen (secondary N) is 1. The number of anilines is 1. The fraction of sp³-hybridized carbons (Fsp3) is 0.182. The highest BCUT2D eigenvalue weighted by molar-refractivity contribution is 6.31. The summed E-state index contributed by atoms with van der Waals surface area (Å²) in [5.74, 6) is 0. The van der Waals surface area contributed by atoms with Crippen LogP contribution in [-0.4, -0.2) is 9.78 Å². The lowest BCUT2D eigenvalue weighted by molar-refractivity contribution is 0.768. The highest BCUT2D eigenvalue weighted by atomic mass is 35.5. The molecule has 0 saturated carbocycles. The van der Waals surface area contributed by atoms with Gasteiger partial charge in [0, 0.05) is 24.8 Å². The summed E-state index contributed by atoms with van der Waals surface area (Å²) in [5.41, 5.74) is 2.08. The van der Waals surface area contributed by atoms with Gasteiger partial charge in [0.15, 0.2) is 0 Å². The zero-order valence-electron chi connectivity index (χ0n) is 8.44. The normalized spacial score (nSPS) is 10.3. The molecule has 2 aromatic rings. The predicted octanol–water partition coefficient (Wildman–Crippen LogP) is 2.69. The van der Waals surface area contributed by atoms with Crippen LogP contribution >= 0.6 is 11.6 Å². The summed E-state index contributed by atoms with van der Waals surface area (Å²) in [6.45, 7) is 0.714. The molecular weight excluding hydrogens is 210 g/mol. The number of aryl methyl sites for hydroxylation is 1. The van der Waals surface area contributed by atoms with Crippen LogP contribution in [0.1, 0.15) is 5.56 Å². The minimum absolute atomic E-state index is 0.714. The van der Waals surface area contributed by atoms with Gasteiger partial charge in [-0.2, -0.15) is 5.10 Å². The maximum Gasteiger partial charge on any atom is 0.0729 e. The Labute approximate surface area is 93.7 Å². The van der Waals surface area contributed by atoms with E-state index in [0.29, 0.717) is 6.54 Å². The molecular formula is C11H12ClN3. The van der Waals surface area contributed by atoms with Crippen molar-refractivity contribution in [2.24, 2.45) is 7.05 Å². The van der Waals surface area contributed by atoms with Crippen molar-refractivity contribution in [3.05, 3.63) is 47.2 Å². The molecule has 0 amide bonds. The number of rotatable bonds is 3. The molecule has 0 aliphatic heterocycles. The first-order valence-electron chi connectivity index (χ1n) is 4.71. The van der Waals surface area contributed by atoms with Crippen LogP contribution < -0.4 is 5.32 Å². The van der Waals surface area contributed by atoms with Crippen LogP contribution in [0.3, 0.4) is 0 Å². The maximum absolute atomic E-state index is 6.03. The minimum Gasteiger partial charge on any atom is -0.378 e. The number of hydrogen-bond donors (Lipinski definition) is 1. The van der Waals surface area contributed by atoms with Crippen LogP contribution in [0, 0.1) is 0 Å². The van der Waals surface area contributed by atoms with Gasteiger partial charge in [-0.05, 0) is 11.6 Å². The van der Waals surface area contributed by atoms with E-state index in [2.05, 4.69) is 10.4 Å². The third-order valence-corrected chi connectivity index (χ3v) is 2.51. The van der Waals surface area contributed by atoms with E-state index >= 15 is 0 Å². The van der Waals surface area contributed by atoms with Crippen molar-refractivity contribution in [2.45, 2.75) is 6.54 Å². The summed E-state index contributed by atoms with van der Waals surface area (Å²) in [4.78, 5) is 0. The van der Waals surface area contributed by atoms with Gasteiger partial charge in [-0.1, -0.05) is 29.8 Å². The number of halogens is 1. The first-order valence-corrected chi connectivity index (χ1v) is 5.09. The van der Waals surface area contributed by atoms with Crippen LogP contribution in [0.15, 0.2) is 36.7 Å². The van der Waals surface area contributed by atoms with Crippen molar-refractivity contribution in [3.8, 4) is 0 Å². The van der Waals surface area contributed by atoms with E-state index in [1.165, 1.54) is 0 Å². The monoisotopic (exact) mass is 221 g/mol. The zero-order chi connectivity index (χ0) is 10.7. The van der Waals surface area contributed by atoms with E-state index in [-0.39, 0.29) is 0 Å². The van der Waals surface area contributed by atoms with E-state index in [0.717, 1.165) is 16.3 Å². The van der Waals surface area contributed by atoms with Crippen molar-refractivity contribution in [1.29, 1.82) is 0 Å². The molecule has 0 radical (unpaired) electrons. The third kappa shape index (κ3) is 2.50. The number of benzene rings is 1. The van der Waals surface area contributed by atoms with Crippen LogP contribution in [0.2, 0.25) is 5.02 Å². The smallest absolute Gasteiger partial charge is 0.0729 e. The second-order valence-corrected chi connectivity index (χ2v) is 3.75. The van der Waals surface area contributed by atoms with Gasteiger partial charge in [-0.15, -0.1) is 0 Å². The van der Waals surface area contributed by atoms with Crippen LogP contribution in [0.25, 0.3) is 0 Å². The molecule has 78 valence electrons. The molecule has 0 spiro atoms. The Hall–Kier alpha value is -1.48. The first kappa shape index (κ1) is 10.1. The SMILES string of the molecule is Cn1cc(NCc2ccccc2Cl)cn1. The van der Waals surface area contributed by atoms with E-state index in [4.69, 9.17) is 11.6 Å². The van der Waals surface area contributed by atoms with Crippen molar-refractivity contribution in [3.63, 3.8) is 0 Å². The van der Waals surface area contributed by atoms with Gasteiger partial charge in [0.05, 0.1) is 11.9 Å². The Balaban J connectivity index is 2.02. The lowest BCUT2D eigenvalue weighted by atomic mass is 10.2. The molecule has 0 aliphatic carbocycles. The Morgan fingerprint density at radius 1 is 1.40 bits per heavy atom. The molecule has 1 aromatic carbocycles. The maximum atomic E-state index is 6.03. The molecule has 0 bridgehead atoms. The Kier molecular flexibility index (Phi) is 2.92. The topological polar surface area (TPSA) is 29.9 Å². The summed E-state index contributed by atoms with van der Waals surface area (Å²) in [6, 6.07) is 7.80. The number of aromatic nitrogens is 2. The van der Waals surface area contributed by atoms with Crippen molar-refractivity contribution in [1.82, 2.24) is 9.78 Å². The summed E-state index contributed by atoms with van der Waals surface area (Å²) in [6.07, 6.45) is 3.72.